The van der Waals surface area contributed by atoms with Crippen LogP contribution < -0.4 is 5.32 Å². The van der Waals surface area contributed by atoms with Crippen molar-refractivity contribution in [1.82, 2.24) is 10.2 Å². The molecule has 0 spiro atoms. The molecule has 1 aliphatic heterocycles. The summed E-state index contributed by atoms with van der Waals surface area (Å²) in [5.41, 5.74) is -0.517. The van der Waals surface area contributed by atoms with E-state index in [4.69, 9.17) is 5.11 Å². The predicted octanol–water partition coefficient (Wildman–Crippen LogP) is -0.310. The lowest BCUT2D eigenvalue weighted by Gasteiger charge is -2.33. The third kappa shape index (κ3) is 1.76. The fourth-order valence-corrected chi connectivity index (χ4v) is 2.82. The van der Waals surface area contributed by atoms with Crippen molar-refractivity contribution in [3.8, 4) is 0 Å². The number of carbonyl (C=O) groups is 3. The molecule has 3 atom stereocenters. The number of rotatable bonds is 2. The molecule has 2 aliphatic rings. The summed E-state index contributed by atoms with van der Waals surface area (Å²) in [4.78, 5) is 36.4. The van der Waals surface area contributed by atoms with Gasteiger partial charge in [-0.25, -0.2) is 0 Å². The Bertz CT molecular complexity index is 414. The minimum atomic E-state index is -0.938. The number of hydrogen-bond donors (Lipinski definition) is 2. The summed E-state index contributed by atoms with van der Waals surface area (Å²) in [5.74, 6) is -2.48. The van der Waals surface area contributed by atoms with E-state index in [-0.39, 0.29) is 11.8 Å². The van der Waals surface area contributed by atoms with E-state index in [0.29, 0.717) is 13.1 Å². The summed E-state index contributed by atoms with van der Waals surface area (Å²) in [6.45, 7) is 6.11. The van der Waals surface area contributed by atoms with Crippen LogP contribution in [0.25, 0.3) is 0 Å². The monoisotopic (exact) mass is 254 g/mol. The molecular formula is C12H18N2O4. The van der Waals surface area contributed by atoms with Crippen molar-refractivity contribution in [3.63, 3.8) is 0 Å². The van der Waals surface area contributed by atoms with Crippen LogP contribution in [0.1, 0.15) is 20.8 Å². The van der Waals surface area contributed by atoms with Crippen LogP contribution in [0, 0.1) is 17.3 Å². The molecule has 1 heterocycles. The zero-order chi connectivity index (χ0) is 13.7. The van der Waals surface area contributed by atoms with Crippen molar-refractivity contribution in [2.75, 3.05) is 13.1 Å². The summed E-state index contributed by atoms with van der Waals surface area (Å²) in [6.07, 6.45) is 0. The third-order valence-electron chi connectivity index (χ3n) is 4.14. The van der Waals surface area contributed by atoms with Gasteiger partial charge in [0.2, 0.25) is 11.8 Å². The van der Waals surface area contributed by atoms with E-state index in [1.54, 1.807) is 20.8 Å². The van der Waals surface area contributed by atoms with Gasteiger partial charge >= 0.3 is 5.97 Å². The van der Waals surface area contributed by atoms with E-state index in [1.807, 2.05) is 0 Å². The molecule has 6 heteroatoms. The Morgan fingerprint density at radius 2 is 2.00 bits per heavy atom. The number of nitrogens with one attached hydrogen (secondary N) is 1. The summed E-state index contributed by atoms with van der Waals surface area (Å²) < 4.78 is 0. The largest absolute Gasteiger partial charge is 0.481 e. The van der Waals surface area contributed by atoms with Gasteiger partial charge in [0, 0.05) is 13.1 Å². The predicted molar refractivity (Wildman–Crippen MR) is 62.6 cm³/mol. The van der Waals surface area contributed by atoms with Gasteiger partial charge < -0.3 is 15.3 Å². The average molecular weight is 254 g/mol. The molecule has 1 aliphatic carbocycles. The summed E-state index contributed by atoms with van der Waals surface area (Å²) in [6, 6.07) is -0.517. The Hall–Kier alpha value is -1.59. The zero-order valence-electron chi connectivity index (χ0n) is 10.8. The van der Waals surface area contributed by atoms with Crippen LogP contribution in [-0.4, -0.2) is 46.9 Å². The molecule has 2 amide bonds. The first-order chi connectivity index (χ1) is 8.28. The Morgan fingerprint density at radius 3 is 2.50 bits per heavy atom. The minimum absolute atomic E-state index is 0.181. The molecule has 1 saturated carbocycles. The molecule has 0 aromatic rings. The van der Waals surface area contributed by atoms with Gasteiger partial charge in [0.25, 0.3) is 0 Å². The highest BCUT2D eigenvalue weighted by Gasteiger charge is 2.67. The van der Waals surface area contributed by atoms with Gasteiger partial charge in [-0.05, 0) is 12.3 Å². The molecule has 0 aromatic carbocycles. The highest BCUT2D eigenvalue weighted by atomic mass is 16.4. The molecule has 0 aromatic heterocycles. The number of carboxylic acid groups (broad SMARTS) is 1. The number of carbonyl (C=O) groups excluding carboxylic acids is 2. The number of aliphatic carboxylic acids is 1. The van der Waals surface area contributed by atoms with Gasteiger partial charge in [0.15, 0.2) is 0 Å². The number of hydrogen-bond acceptors (Lipinski definition) is 3. The van der Waals surface area contributed by atoms with E-state index >= 15 is 0 Å². The van der Waals surface area contributed by atoms with Crippen molar-refractivity contribution in [2.45, 2.75) is 26.8 Å². The Morgan fingerprint density at radius 1 is 1.39 bits per heavy atom. The SMILES string of the molecule is CC1C(=O)NCCN1C(=O)C1C(C(=O)O)C1(C)C. The molecule has 18 heavy (non-hydrogen) atoms. The van der Waals surface area contributed by atoms with E-state index in [1.165, 1.54) is 4.90 Å². The van der Waals surface area contributed by atoms with Gasteiger partial charge in [-0.2, -0.15) is 0 Å². The molecule has 1 saturated heterocycles. The van der Waals surface area contributed by atoms with E-state index < -0.39 is 29.3 Å². The first-order valence-electron chi connectivity index (χ1n) is 6.09. The lowest BCUT2D eigenvalue weighted by Crippen LogP contribution is -2.56. The average Bonchev–Trinajstić information content (AvgIpc) is 2.85. The third-order valence-corrected chi connectivity index (χ3v) is 4.14. The van der Waals surface area contributed by atoms with Gasteiger partial charge in [-0.15, -0.1) is 0 Å². The topological polar surface area (TPSA) is 86.7 Å². The lowest BCUT2D eigenvalue weighted by molar-refractivity contribution is -0.146. The van der Waals surface area contributed by atoms with Crippen molar-refractivity contribution in [3.05, 3.63) is 0 Å². The van der Waals surface area contributed by atoms with Crippen molar-refractivity contribution in [1.29, 1.82) is 0 Å². The number of amides is 2. The zero-order valence-corrected chi connectivity index (χ0v) is 10.8. The van der Waals surface area contributed by atoms with Crippen LogP contribution in [0.2, 0.25) is 0 Å². The highest BCUT2D eigenvalue weighted by molar-refractivity contribution is 5.95. The highest BCUT2D eigenvalue weighted by Crippen LogP contribution is 2.59. The number of nitrogens with zero attached hydrogens (tertiary/aromatic N) is 1. The van der Waals surface area contributed by atoms with Crippen LogP contribution in [-0.2, 0) is 14.4 Å². The standard InChI is InChI=1S/C12H18N2O4/c1-6-9(15)13-4-5-14(6)10(16)7-8(11(17)18)12(7,2)3/h6-8H,4-5H2,1-3H3,(H,13,15)(H,17,18). The lowest BCUT2D eigenvalue weighted by atomic mass is 10.1. The quantitative estimate of drug-likeness (QED) is 0.707. The first-order valence-corrected chi connectivity index (χ1v) is 6.09. The Kier molecular flexibility index (Phi) is 2.83. The van der Waals surface area contributed by atoms with E-state index in [2.05, 4.69) is 5.32 Å². The van der Waals surface area contributed by atoms with Crippen molar-refractivity contribution in [2.24, 2.45) is 17.3 Å². The second-order valence-corrected chi connectivity index (χ2v) is 5.61. The Balaban J connectivity index is 2.13. The van der Waals surface area contributed by atoms with Crippen LogP contribution in [0.3, 0.4) is 0 Å². The first kappa shape index (κ1) is 12.9. The van der Waals surface area contributed by atoms with Crippen molar-refractivity contribution >= 4 is 17.8 Å². The summed E-state index contributed by atoms with van der Waals surface area (Å²) >= 11 is 0. The maximum absolute atomic E-state index is 12.3. The smallest absolute Gasteiger partial charge is 0.307 e. The fourth-order valence-electron chi connectivity index (χ4n) is 2.82. The van der Waals surface area contributed by atoms with Gasteiger partial charge in [-0.3, -0.25) is 14.4 Å². The molecule has 100 valence electrons. The van der Waals surface area contributed by atoms with Gasteiger partial charge in [0.05, 0.1) is 11.8 Å². The van der Waals surface area contributed by atoms with Gasteiger partial charge in [-0.1, -0.05) is 13.8 Å². The maximum Gasteiger partial charge on any atom is 0.307 e. The molecule has 2 rings (SSSR count). The fraction of sp³-hybridized carbons (Fsp3) is 0.750. The number of piperazine rings is 1. The molecule has 6 nitrogen and oxygen atoms in total. The normalized spacial score (nSPS) is 33.8. The van der Waals surface area contributed by atoms with Crippen LogP contribution >= 0.6 is 0 Å². The summed E-state index contributed by atoms with van der Waals surface area (Å²) in [5, 5.41) is 11.8. The second kappa shape index (κ2) is 3.96. The van der Waals surface area contributed by atoms with E-state index in [9.17, 15) is 14.4 Å². The molecular weight excluding hydrogens is 236 g/mol. The summed E-state index contributed by atoms with van der Waals surface area (Å²) in [7, 11) is 0. The maximum atomic E-state index is 12.3. The molecule has 2 fully saturated rings. The molecule has 2 N–H and O–H groups in total. The molecule has 0 bridgehead atoms. The Labute approximate surface area is 105 Å². The van der Waals surface area contributed by atoms with Crippen LogP contribution in [0.15, 0.2) is 0 Å². The van der Waals surface area contributed by atoms with Gasteiger partial charge in [0.1, 0.15) is 6.04 Å². The van der Waals surface area contributed by atoms with Crippen molar-refractivity contribution < 1.29 is 19.5 Å². The molecule has 0 radical (unpaired) electrons. The van der Waals surface area contributed by atoms with E-state index in [0.717, 1.165) is 0 Å². The molecule has 3 unspecified atom stereocenters. The second-order valence-electron chi connectivity index (χ2n) is 5.61. The van der Waals surface area contributed by atoms with Crippen LogP contribution in [0.5, 0.6) is 0 Å². The minimum Gasteiger partial charge on any atom is -0.481 e. The van der Waals surface area contributed by atoms with Crippen LogP contribution in [0.4, 0.5) is 0 Å². The number of carboxylic acids is 1.